The van der Waals surface area contributed by atoms with Crippen molar-refractivity contribution in [2.45, 2.75) is 58.2 Å². The van der Waals surface area contributed by atoms with Gasteiger partial charge in [-0.1, -0.05) is 31.4 Å². The molecule has 1 unspecified atom stereocenters. The molecule has 1 N–H and O–H groups in total. The van der Waals surface area contributed by atoms with Crippen LogP contribution in [0, 0.1) is 18.8 Å². The standard InChI is InChI=1S/C17H24O2/c1-11-3-6-13(7-4-11)17-10-15(18)14-9-12(2)5-8-16(14)19-17/h5,8-9,11,13,15,17-18H,3-4,6-7,10H2,1-2H3/t11?,13?,15-,17?/m0/s1. The number of fused-ring (bicyclic) bond motifs is 1. The molecular weight excluding hydrogens is 236 g/mol. The number of benzene rings is 1. The molecule has 2 atom stereocenters. The van der Waals surface area contributed by atoms with Gasteiger partial charge in [0.1, 0.15) is 11.9 Å². The average Bonchev–Trinajstić information content (AvgIpc) is 2.40. The van der Waals surface area contributed by atoms with Crippen LogP contribution in [0.4, 0.5) is 0 Å². The van der Waals surface area contributed by atoms with E-state index in [4.69, 9.17) is 4.74 Å². The summed E-state index contributed by atoms with van der Waals surface area (Å²) in [5, 5.41) is 10.4. The van der Waals surface area contributed by atoms with Crippen molar-refractivity contribution in [2.24, 2.45) is 11.8 Å². The lowest BCUT2D eigenvalue weighted by molar-refractivity contribution is 0.0194. The van der Waals surface area contributed by atoms with Gasteiger partial charge in [-0.2, -0.15) is 0 Å². The van der Waals surface area contributed by atoms with Crippen molar-refractivity contribution < 1.29 is 9.84 Å². The second-order valence-electron chi connectivity index (χ2n) is 6.47. The summed E-state index contributed by atoms with van der Waals surface area (Å²) < 4.78 is 6.17. The topological polar surface area (TPSA) is 29.5 Å². The van der Waals surface area contributed by atoms with Gasteiger partial charge < -0.3 is 9.84 Å². The second-order valence-corrected chi connectivity index (χ2v) is 6.47. The Balaban J connectivity index is 1.75. The highest BCUT2D eigenvalue weighted by Gasteiger charge is 2.34. The second kappa shape index (κ2) is 5.16. The Labute approximate surface area is 115 Å². The lowest BCUT2D eigenvalue weighted by atomic mass is 9.78. The molecule has 0 radical (unpaired) electrons. The Kier molecular flexibility index (Phi) is 3.53. The summed E-state index contributed by atoms with van der Waals surface area (Å²) in [6.45, 7) is 4.40. The molecular formula is C17H24O2. The molecule has 2 aliphatic rings. The number of aryl methyl sites for hydroxylation is 1. The first-order valence-corrected chi connectivity index (χ1v) is 7.58. The lowest BCUT2D eigenvalue weighted by Gasteiger charge is -2.37. The number of hydrogen-bond acceptors (Lipinski definition) is 2. The fourth-order valence-electron chi connectivity index (χ4n) is 3.54. The first-order valence-electron chi connectivity index (χ1n) is 7.58. The Morgan fingerprint density at radius 1 is 1.16 bits per heavy atom. The molecule has 0 aromatic heterocycles. The van der Waals surface area contributed by atoms with E-state index >= 15 is 0 Å². The van der Waals surface area contributed by atoms with Gasteiger partial charge in [0.05, 0.1) is 6.10 Å². The van der Waals surface area contributed by atoms with E-state index in [1.807, 2.05) is 6.07 Å². The molecule has 1 aliphatic heterocycles. The highest BCUT2D eigenvalue weighted by atomic mass is 16.5. The van der Waals surface area contributed by atoms with Crippen LogP contribution >= 0.6 is 0 Å². The quantitative estimate of drug-likeness (QED) is 0.827. The molecule has 1 fully saturated rings. The average molecular weight is 260 g/mol. The first-order chi connectivity index (χ1) is 9.13. The Bertz CT molecular complexity index is 447. The van der Waals surface area contributed by atoms with Gasteiger partial charge in [-0.05, 0) is 43.7 Å². The monoisotopic (exact) mass is 260 g/mol. The van der Waals surface area contributed by atoms with Gasteiger partial charge in [-0.15, -0.1) is 0 Å². The molecule has 3 rings (SSSR count). The van der Waals surface area contributed by atoms with Crippen molar-refractivity contribution in [1.29, 1.82) is 0 Å². The summed E-state index contributed by atoms with van der Waals surface area (Å²) in [7, 11) is 0. The van der Waals surface area contributed by atoms with Crippen molar-refractivity contribution in [1.82, 2.24) is 0 Å². The molecule has 1 saturated carbocycles. The number of ether oxygens (including phenoxy) is 1. The summed E-state index contributed by atoms with van der Waals surface area (Å²) in [4.78, 5) is 0. The van der Waals surface area contributed by atoms with Crippen LogP contribution in [0.15, 0.2) is 18.2 Å². The third-order valence-electron chi connectivity index (χ3n) is 4.84. The maximum Gasteiger partial charge on any atom is 0.125 e. The van der Waals surface area contributed by atoms with Crippen molar-refractivity contribution in [3.05, 3.63) is 29.3 Å². The number of hydrogen-bond donors (Lipinski definition) is 1. The van der Waals surface area contributed by atoms with Gasteiger partial charge in [0.2, 0.25) is 0 Å². The van der Waals surface area contributed by atoms with E-state index in [1.54, 1.807) is 0 Å². The molecule has 0 spiro atoms. The molecule has 0 bridgehead atoms. The zero-order valence-corrected chi connectivity index (χ0v) is 11.9. The zero-order chi connectivity index (χ0) is 13.4. The summed E-state index contributed by atoms with van der Waals surface area (Å²) in [5.74, 6) is 2.38. The minimum absolute atomic E-state index is 0.206. The van der Waals surface area contributed by atoms with E-state index in [9.17, 15) is 5.11 Å². The van der Waals surface area contributed by atoms with E-state index in [-0.39, 0.29) is 12.2 Å². The molecule has 1 aromatic carbocycles. The predicted molar refractivity (Wildman–Crippen MR) is 76.3 cm³/mol. The molecule has 1 aromatic rings. The van der Waals surface area contributed by atoms with E-state index in [2.05, 4.69) is 26.0 Å². The van der Waals surface area contributed by atoms with Crippen molar-refractivity contribution in [3.63, 3.8) is 0 Å². The summed E-state index contributed by atoms with van der Waals surface area (Å²) in [6.07, 6.45) is 5.73. The van der Waals surface area contributed by atoms with Crippen LogP contribution in [0.2, 0.25) is 0 Å². The molecule has 0 saturated heterocycles. The third-order valence-corrected chi connectivity index (χ3v) is 4.84. The highest BCUT2D eigenvalue weighted by molar-refractivity contribution is 5.40. The maximum absolute atomic E-state index is 10.4. The summed E-state index contributed by atoms with van der Waals surface area (Å²) in [5.41, 5.74) is 2.16. The first kappa shape index (κ1) is 13.0. The fourth-order valence-corrected chi connectivity index (χ4v) is 3.54. The molecule has 2 nitrogen and oxygen atoms in total. The number of aliphatic hydroxyl groups excluding tert-OH is 1. The molecule has 2 heteroatoms. The van der Waals surface area contributed by atoms with Gasteiger partial charge in [-0.25, -0.2) is 0 Å². The fraction of sp³-hybridized carbons (Fsp3) is 0.647. The van der Waals surface area contributed by atoms with E-state index in [1.165, 1.54) is 31.2 Å². The normalized spacial score (nSPS) is 34.5. The maximum atomic E-state index is 10.4. The summed E-state index contributed by atoms with van der Waals surface area (Å²) >= 11 is 0. The molecule has 104 valence electrons. The summed E-state index contributed by atoms with van der Waals surface area (Å²) in [6, 6.07) is 6.14. The lowest BCUT2D eigenvalue weighted by Crippen LogP contribution is -2.34. The molecule has 1 aliphatic carbocycles. The largest absolute Gasteiger partial charge is 0.490 e. The van der Waals surface area contributed by atoms with Crippen LogP contribution in [0.1, 0.15) is 56.3 Å². The van der Waals surface area contributed by atoms with E-state index in [0.717, 1.165) is 23.7 Å². The van der Waals surface area contributed by atoms with Gasteiger partial charge in [0, 0.05) is 12.0 Å². The zero-order valence-electron chi connectivity index (χ0n) is 11.9. The Hall–Kier alpha value is -1.02. The number of rotatable bonds is 1. The van der Waals surface area contributed by atoms with Crippen LogP contribution in [-0.4, -0.2) is 11.2 Å². The van der Waals surface area contributed by atoms with E-state index in [0.29, 0.717) is 5.92 Å². The minimum atomic E-state index is -0.354. The van der Waals surface area contributed by atoms with Crippen LogP contribution in [-0.2, 0) is 0 Å². The van der Waals surface area contributed by atoms with Crippen LogP contribution in [0.5, 0.6) is 5.75 Å². The third kappa shape index (κ3) is 2.64. The van der Waals surface area contributed by atoms with Gasteiger partial charge in [0.25, 0.3) is 0 Å². The minimum Gasteiger partial charge on any atom is -0.490 e. The van der Waals surface area contributed by atoms with Crippen LogP contribution < -0.4 is 4.74 Å². The van der Waals surface area contributed by atoms with Gasteiger partial charge in [0.15, 0.2) is 0 Å². The van der Waals surface area contributed by atoms with Gasteiger partial charge in [-0.3, -0.25) is 0 Å². The van der Waals surface area contributed by atoms with Crippen LogP contribution in [0.25, 0.3) is 0 Å². The van der Waals surface area contributed by atoms with E-state index < -0.39 is 0 Å². The van der Waals surface area contributed by atoms with Crippen molar-refractivity contribution >= 4 is 0 Å². The Morgan fingerprint density at radius 3 is 2.63 bits per heavy atom. The Morgan fingerprint density at radius 2 is 1.89 bits per heavy atom. The molecule has 1 heterocycles. The molecule has 0 amide bonds. The highest BCUT2D eigenvalue weighted by Crippen LogP contribution is 2.41. The smallest absolute Gasteiger partial charge is 0.125 e. The number of aliphatic hydroxyl groups is 1. The van der Waals surface area contributed by atoms with Crippen molar-refractivity contribution in [3.8, 4) is 5.75 Å². The van der Waals surface area contributed by atoms with Gasteiger partial charge >= 0.3 is 0 Å². The van der Waals surface area contributed by atoms with Crippen molar-refractivity contribution in [2.75, 3.05) is 0 Å². The predicted octanol–water partition coefficient (Wildman–Crippen LogP) is 4.01. The van der Waals surface area contributed by atoms with Crippen LogP contribution in [0.3, 0.4) is 0 Å². The SMILES string of the molecule is Cc1ccc2c(c1)[C@@H](O)CC(C1CCC(C)CC1)O2. The molecule has 19 heavy (non-hydrogen) atoms.